The van der Waals surface area contributed by atoms with E-state index >= 15 is 0 Å². The molecule has 3 heterocycles. The predicted octanol–water partition coefficient (Wildman–Crippen LogP) is 3.92. The van der Waals surface area contributed by atoms with Crippen molar-refractivity contribution in [3.63, 3.8) is 0 Å². The van der Waals surface area contributed by atoms with E-state index in [1.807, 2.05) is 24.7 Å². The molecule has 0 bridgehead atoms. The largest absolute Gasteiger partial charge is 0.345 e. The van der Waals surface area contributed by atoms with Gasteiger partial charge in [-0.15, -0.1) is 0 Å². The number of aromatic nitrogens is 4. The summed E-state index contributed by atoms with van der Waals surface area (Å²) < 4.78 is 1.97. The van der Waals surface area contributed by atoms with Crippen LogP contribution in [0.3, 0.4) is 0 Å². The van der Waals surface area contributed by atoms with Crippen LogP contribution >= 0.6 is 0 Å². The molecule has 0 N–H and O–H groups in total. The predicted molar refractivity (Wildman–Crippen MR) is 125 cm³/mol. The number of amides is 1. The SMILES string of the molecule is Cc1nc([C@@H]2CCCCN2Cc2c(-c3ccccc3)nn(C)c2C)ncc1C(=O)N(C)C. The number of benzene rings is 1. The van der Waals surface area contributed by atoms with Crippen LogP contribution in [0.15, 0.2) is 36.5 Å². The molecule has 1 amide bonds. The Morgan fingerprint density at radius 2 is 1.91 bits per heavy atom. The lowest BCUT2D eigenvalue weighted by Crippen LogP contribution is -2.34. The van der Waals surface area contributed by atoms with Gasteiger partial charge in [0, 0.05) is 50.7 Å². The lowest BCUT2D eigenvalue weighted by molar-refractivity contribution is 0.0825. The van der Waals surface area contributed by atoms with Crippen LogP contribution in [0.1, 0.15) is 58.4 Å². The zero-order chi connectivity index (χ0) is 22.8. The first-order valence-electron chi connectivity index (χ1n) is 11.2. The minimum absolute atomic E-state index is 0.0620. The van der Waals surface area contributed by atoms with E-state index in [-0.39, 0.29) is 11.9 Å². The molecule has 0 saturated carbocycles. The van der Waals surface area contributed by atoms with Crippen LogP contribution in [-0.2, 0) is 13.6 Å². The first kappa shape index (κ1) is 22.1. The number of hydrogen-bond acceptors (Lipinski definition) is 5. The number of carbonyl (C=O) groups is 1. The number of hydrogen-bond donors (Lipinski definition) is 0. The lowest BCUT2D eigenvalue weighted by atomic mass is 9.98. The van der Waals surface area contributed by atoms with Gasteiger partial charge in [0.15, 0.2) is 0 Å². The normalized spacial score (nSPS) is 16.8. The van der Waals surface area contributed by atoms with Gasteiger partial charge >= 0.3 is 0 Å². The fraction of sp³-hybridized carbons (Fsp3) is 0.440. The molecule has 7 nitrogen and oxygen atoms in total. The van der Waals surface area contributed by atoms with Crippen molar-refractivity contribution in [1.29, 1.82) is 0 Å². The second-order valence-corrected chi connectivity index (χ2v) is 8.81. The van der Waals surface area contributed by atoms with Gasteiger partial charge in [-0.2, -0.15) is 5.10 Å². The van der Waals surface area contributed by atoms with Crippen LogP contribution in [0.4, 0.5) is 0 Å². The molecule has 7 heteroatoms. The maximum absolute atomic E-state index is 12.4. The number of nitrogens with zero attached hydrogens (tertiary/aromatic N) is 6. The summed E-state index contributed by atoms with van der Waals surface area (Å²) in [5.74, 6) is 0.744. The van der Waals surface area contributed by atoms with Crippen molar-refractivity contribution >= 4 is 5.91 Å². The highest BCUT2D eigenvalue weighted by molar-refractivity contribution is 5.94. The third-order valence-corrected chi connectivity index (χ3v) is 6.41. The molecular formula is C25H32N6O. The Bertz CT molecular complexity index is 1110. The van der Waals surface area contributed by atoms with Crippen molar-refractivity contribution < 1.29 is 4.79 Å². The molecular weight excluding hydrogens is 400 g/mol. The van der Waals surface area contributed by atoms with Crippen LogP contribution < -0.4 is 0 Å². The van der Waals surface area contributed by atoms with E-state index in [0.29, 0.717) is 5.56 Å². The Labute approximate surface area is 190 Å². The summed E-state index contributed by atoms with van der Waals surface area (Å²) in [6, 6.07) is 10.5. The minimum atomic E-state index is -0.0620. The molecule has 0 spiro atoms. The van der Waals surface area contributed by atoms with Crippen LogP contribution in [0, 0.1) is 13.8 Å². The Morgan fingerprint density at radius 1 is 1.16 bits per heavy atom. The topological polar surface area (TPSA) is 67.2 Å². The maximum atomic E-state index is 12.4. The number of aryl methyl sites for hydroxylation is 2. The Kier molecular flexibility index (Phi) is 6.37. The van der Waals surface area contributed by atoms with E-state index in [9.17, 15) is 4.79 Å². The summed E-state index contributed by atoms with van der Waals surface area (Å²) in [5, 5.41) is 4.82. The first-order chi connectivity index (χ1) is 15.4. The van der Waals surface area contributed by atoms with Gasteiger partial charge in [0.05, 0.1) is 23.0 Å². The van der Waals surface area contributed by atoms with Crippen LogP contribution in [0.2, 0.25) is 0 Å². The summed E-state index contributed by atoms with van der Waals surface area (Å²) in [6.45, 7) is 5.83. The molecule has 0 aliphatic carbocycles. The zero-order valence-corrected chi connectivity index (χ0v) is 19.7. The number of piperidine rings is 1. The third-order valence-electron chi connectivity index (χ3n) is 6.41. The van der Waals surface area contributed by atoms with E-state index in [4.69, 9.17) is 10.1 Å². The second-order valence-electron chi connectivity index (χ2n) is 8.81. The molecule has 1 fully saturated rings. The average molecular weight is 433 g/mol. The summed E-state index contributed by atoms with van der Waals surface area (Å²) in [5.41, 5.74) is 5.91. The Balaban J connectivity index is 1.65. The quantitative estimate of drug-likeness (QED) is 0.611. The number of likely N-dealkylation sites (tertiary alicyclic amines) is 1. The summed E-state index contributed by atoms with van der Waals surface area (Å²) >= 11 is 0. The second kappa shape index (κ2) is 9.20. The zero-order valence-electron chi connectivity index (χ0n) is 19.7. The van der Waals surface area contributed by atoms with Crippen molar-refractivity contribution in [1.82, 2.24) is 29.5 Å². The van der Waals surface area contributed by atoms with E-state index in [1.54, 1.807) is 25.2 Å². The van der Waals surface area contributed by atoms with Crippen molar-refractivity contribution in [2.45, 2.75) is 45.7 Å². The standard InChI is InChI=1S/C25H32N6O/c1-17-20(25(32)29(3)4)15-26-24(27-17)22-13-9-10-14-31(22)16-21-18(2)30(5)28-23(21)19-11-7-6-8-12-19/h6-8,11-12,15,22H,9-10,13-14,16H2,1-5H3/t22-/m0/s1. The molecule has 0 unspecified atom stereocenters. The van der Waals surface area contributed by atoms with Gasteiger partial charge in [-0.25, -0.2) is 9.97 Å². The van der Waals surface area contributed by atoms with Gasteiger partial charge < -0.3 is 4.90 Å². The molecule has 32 heavy (non-hydrogen) atoms. The van der Waals surface area contributed by atoms with E-state index in [2.05, 4.69) is 41.1 Å². The van der Waals surface area contributed by atoms with E-state index in [0.717, 1.165) is 55.1 Å². The van der Waals surface area contributed by atoms with Crippen LogP contribution in [-0.4, -0.2) is 56.1 Å². The van der Waals surface area contributed by atoms with Crippen molar-refractivity contribution in [3.8, 4) is 11.3 Å². The molecule has 3 aromatic rings. The molecule has 1 aliphatic heterocycles. The summed E-state index contributed by atoms with van der Waals surface area (Å²) in [4.78, 5) is 25.9. The first-order valence-corrected chi connectivity index (χ1v) is 11.2. The molecule has 1 aliphatic rings. The van der Waals surface area contributed by atoms with Gasteiger partial charge in [-0.05, 0) is 33.2 Å². The van der Waals surface area contributed by atoms with Gasteiger partial charge in [0.1, 0.15) is 5.82 Å². The fourth-order valence-corrected chi connectivity index (χ4v) is 4.44. The Morgan fingerprint density at radius 3 is 2.59 bits per heavy atom. The highest BCUT2D eigenvalue weighted by atomic mass is 16.2. The molecule has 4 rings (SSSR count). The smallest absolute Gasteiger partial charge is 0.256 e. The number of carbonyl (C=O) groups excluding carboxylic acids is 1. The highest BCUT2D eigenvalue weighted by Gasteiger charge is 2.29. The van der Waals surface area contributed by atoms with Gasteiger partial charge in [0.25, 0.3) is 5.91 Å². The molecule has 1 saturated heterocycles. The molecule has 2 aromatic heterocycles. The lowest BCUT2D eigenvalue weighted by Gasteiger charge is -2.35. The van der Waals surface area contributed by atoms with Gasteiger partial charge in [-0.3, -0.25) is 14.4 Å². The van der Waals surface area contributed by atoms with E-state index in [1.165, 1.54) is 11.3 Å². The maximum Gasteiger partial charge on any atom is 0.256 e. The van der Waals surface area contributed by atoms with Crippen LogP contribution in [0.25, 0.3) is 11.3 Å². The molecule has 1 aromatic carbocycles. The average Bonchev–Trinajstić information content (AvgIpc) is 3.08. The monoisotopic (exact) mass is 432 g/mol. The van der Waals surface area contributed by atoms with Crippen molar-refractivity contribution in [3.05, 3.63) is 64.9 Å². The van der Waals surface area contributed by atoms with Crippen molar-refractivity contribution in [2.24, 2.45) is 7.05 Å². The summed E-state index contributed by atoms with van der Waals surface area (Å²) in [6.07, 6.45) is 5.02. The highest BCUT2D eigenvalue weighted by Crippen LogP contribution is 2.33. The summed E-state index contributed by atoms with van der Waals surface area (Å²) in [7, 11) is 5.50. The number of rotatable bonds is 5. The Hall–Kier alpha value is -3.06. The third kappa shape index (κ3) is 4.30. The van der Waals surface area contributed by atoms with E-state index < -0.39 is 0 Å². The molecule has 1 atom stereocenters. The minimum Gasteiger partial charge on any atom is -0.345 e. The fourth-order valence-electron chi connectivity index (χ4n) is 4.44. The van der Waals surface area contributed by atoms with Crippen LogP contribution in [0.5, 0.6) is 0 Å². The molecule has 168 valence electrons. The van der Waals surface area contributed by atoms with Gasteiger partial charge in [-0.1, -0.05) is 36.8 Å². The van der Waals surface area contributed by atoms with Gasteiger partial charge in [0.2, 0.25) is 0 Å². The molecule has 0 radical (unpaired) electrons. The van der Waals surface area contributed by atoms with Crippen molar-refractivity contribution in [2.75, 3.05) is 20.6 Å².